The monoisotopic (exact) mass is 295 g/mol. The van der Waals surface area contributed by atoms with Crippen LogP contribution in [0, 0.1) is 0 Å². The van der Waals surface area contributed by atoms with Crippen molar-refractivity contribution in [3.63, 3.8) is 0 Å². The molecule has 1 rings (SSSR count). The Labute approximate surface area is 113 Å². The Morgan fingerprint density at radius 1 is 1.26 bits per heavy atom. The van der Waals surface area contributed by atoms with Gasteiger partial charge in [-0.05, 0) is 31.5 Å². The Morgan fingerprint density at radius 3 is 2.58 bits per heavy atom. The highest BCUT2D eigenvalue weighted by Crippen LogP contribution is 2.22. The minimum absolute atomic E-state index is 0.0102. The number of carbonyl (C=O) groups is 1. The number of halogens is 3. The normalized spacial score (nSPS) is 11.7. The van der Waals surface area contributed by atoms with Crippen molar-refractivity contribution >= 4 is 17.3 Å². The first-order valence-corrected chi connectivity index (χ1v) is 6.75. The Hall–Kier alpha value is -1.08. The molecule has 0 aliphatic heterocycles. The molecule has 0 aliphatic rings. The molecule has 7 heteroatoms. The summed E-state index contributed by atoms with van der Waals surface area (Å²) in [5.74, 6) is -0.867. The van der Waals surface area contributed by atoms with Gasteiger partial charge in [-0.3, -0.25) is 4.79 Å². The molecule has 0 radical (unpaired) electrons. The quantitative estimate of drug-likeness (QED) is 0.724. The predicted octanol–water partition coefficient (Wildman–Crippen LogP) is 3.20. The van der Waals surface area contributed by atoms with Crippen LogP contribution in [0.15, 0.2) is 12.1 Å². The maximum absolute atomic E-state index is 11.9. The molecule has 1 aromatic rings. The van der Waals surface area contributed by atoms with E-state index in [-0.39, 0.29) is 12.8 Å². The first-order valence-electron chi connectivity index (χ1n) is 5.93. The molecular weight excluding hydrogens is 279 g/mol. The second-order valence-electron chi connectivity index (χ2n) is 4.19. The zero-order valence-electron chi connectivity index (χ0n) is 10.3. The number of hydrogen-bond donors (Lipinski definition) is 2. The van der Waals surface area contributed by atoms with Gasteiger partial charge in [-0.15, -0.1) is 11.3 Å². The molecule has 0 amide bonds. The first-order chi connectivity index (χ1) is 8.87. The number of rotatable bonds is 8. The summed E-state index contributed by atoms with van der Waals surface area (Å²) in [5, 5.41) is 11.7. The molecule has 0 fully saturated rings. The molecule has 0 saturated heterocycles. The Bertz CT molecular complexity index is 404. The average molecular weight is 295 g/mol. The van der Waals surface area contributed by atoms with Crippen LogP contribution in [0.4, 0.5) is 13.2 Å². The van der Waals surface area contributed by atoms with Crippen molar-refractivity contribution in [1.29, 1.82) is 0 Å². The van der Waals surface area contributed by atoms with E-state index in [0.717, 1.165) is 9.75 Å². The topological polar surface area (TPSA) is 49.3 Å². The van der Waals surface area contributed by atoms with Crippen LogP contribution in [-0.2, 0) is 17.8 Å². The molecule has 108 valence electrons. The largest absolute Gasteiger partial charge is 0.481 e. The van der Waals surface area contributed by atoms with Crippen LogP contribution in [0.2, 0.25) is 0 Å². The summed E-state index contributed by atoms with van der Waals surface area (Å²) in [6, 6.07) is 3.60. The lowest BCUT2D eigenvalue weighted by atomic mass is 10.2. The van der Waals surface area contributed by atoms with E-state index in [2.05, 4.69) is 5.32 Å². The number of unbranched alkanes of at least 4 members (excludes halogenated alkanes) is 1. The number of aliphatic carboxylic acids is 1. The lowest BCUT2D eigenvalue weighted by molar-refractivity contribution is -0.136. The summed E-state index contributed by atoms with van der Waals surface area (Å²) in [6.07, 6.45) is -4.19. The molecule has 0 aliphatic carbocycles. The maximum Gasteiger partial charge on any atom is 0.389 e. The molecule has 0 saturated carbocycles. The van der Waals surface area contributed by atoms with E-state index >= 15 is 0 Å². The van der Waals surface area contributed by atoms with Crippen molar-refractivity contribution in [3.8, 4) is 0 Å². The van der Waals surface area contributed by atoms with E-state index in [9.17, 15) is 18.0 Å². The third-order valence-electron chi connectivity index (χ3n) is 2.41. The summed E-state index contributed by atoms with van der Waals surface area (Å²) in [6.45, 7) is 1.10. The second kappa shape index (κ2) is 7.49. The molecule has 19 heavy (non-hydrogen) atoms. The maximum atomic E-state index is 11.9. The molecule has 0 bridgehead atoms. The van der Waals surface area contributed by atoms with Gasteiger partial charge in [0.25, 0.3) is 0 Å². The Kier molecular flexibility index (Phi) is 6.30. The molecule has 0 aromatic carbocycles. The number of carboxylic acid groups (broad SMARTS) is 1. The van der Waals surface area contributed by atoms with Crippen LogP contribution in [-0.4, -0.2) is 23.8 Å². The van der Waals surface area contributed by atoms with Crippen molar-refractivity contribution < 1.29 is 23.1 Å². The Morgan fingerprint density at radius 2 is 1.95 bits per heavy atom. The van der Waals surface area contributed by atoms with Gasteiger partial charge in [0.05, 0.1) is 6.42 Å². The third-order valence-corrected chi connectivity index (χ3v) is 3.49. The lowest BCUT2D eigenvalue weighted by Gasteiger charge is -2.06. The van der Waals surface area contributed by atoms with Gasteiger partial charge in [0.1, 0.15) is 0 Å². The Balaban J connectivity index is 2.12. The van der Waals surface area contributed by atoms with Gasteiger partial charge in [0.15, 0.2) is 0 Å². The van der Waals surface area contributed by atoms with Gasteiger partial charge < -0.3 is 10.4 Å². The van der Waals surface area contributed by atoms with Crippen LogP contribution >= 0.6 is 11.3 Å². The van der Waals surface area contributed by atoms with E-state index in [0.29, 0.717) is 19.5 Å². The molecule has 2 N–H and O–H groups in total. The molecule has 0 spiro atoms. The minimum atomic E-state index is -4.07. The fourth-order valence-electron chi connectivity index (χ4n) is 1.55. The van der Waals surface area contributed by atoms with Crippen molar-refractivity contribution in [2.75, 3.05) is 6.54 Å². The molecule has 1 aromatic heterocycles. The van der Waals surface area contributed by atoms with E-state index in [1.807, 2.05) is 6.07 Å². The zero-order valence-corrected chi connectivity index (χ0v) is 11.1. The van der Waals surface area contributed by atoms with E-state index in [1.54, 1.807) is 6.07 Å². The SMILES string of the molecule is O=C(O)Cc1ccc(CNCCCCC(F)(F)F)s1. The molecule has 0 unspecified atom stereocenters. The van der Waals surface area contributed by atoms with Crippen molar-refractivity contribution in [2.24, 2.45) is 0 Å². The number of thiophene rings is 1. The molecule has 3 nitrogen and oxygen atoms in total. The molecule has 1 heterocycles. The number of carboxylic acids is 1. The van der Waals surface area contributed by atoms with Gasteiger partial charge >= 0.3 is 12.1 Å². The van der Waals surface area contributed by atoms with Crippen LogP contribution in [0.25, 0.3) is 0 Å². The van der Waals surface area contributed by atoms with Crippen molar-refractivity contribution in [1.82, 2.24) is 5.32 Å². The highest BCUT2D eigenvalue weighted by Gasteiger charge is 2.25. The van der Waals surface area contributed by atoms with Gasteiger partial charge in [-0.1, -0.05) is 0 Å². The molecular formula is C12H16F3NO2S. The minimum Gasteiger partial charge on any atom is -0.481 e. The van der Waals surface area contributed by atoms with E-state index in [4.69, 9.17) is 5.11 Å². The lowest BCUT2D eigenvalue weighted by Crippen LogP contribution is -2.15. The first kappa shape index (κ1) is 16.0. The number of alkyl halides is 3. The fourth-order valence-corrected chi connectivity index (χ4v) is 2.53. The standard InChI is InChI=1S/C12H16F3NO2S/c13-12(14,15)5-1-2-6-16-8-10-4-3-9(19-10)7-11(17)18/h3-4,16H,1-2,5-8H2,(H,17,18). The second-order valence-corrected chi connectivity index (χ2v) is 5.44. The van der Waals surface area contributed by atoms with E-state index < -0.39 is 18.6 Å². The summed E-state index contributed by atoms with van der Waals surface area (Å²) < 4.78 is 35.6. The summed E-state index contributed by atoms with van der Waals surface area (Å²) in [7, 11) is 0. The number of hydrogen-bond acceptors (Lipinski definition) is 3. The van der Waals surface area contributed by atoms with Crippen molar-refractivity contribution in [3.05, 3.63) is 21.9 Å². The molecule has 0 atom stereocenters. The van der Waals surface area contributed by atoms with Gasteiger partial charge in [-0.2, -0.15) is 13.2 Å². The highest BCUT2D eigenvalue weighted by molar-refractivity contribution is 7.12. The smallest absolute Gasteiger partial charge is 0.389 e. The summed E-state index contributed by atoms with van der Waals surface area (Å²) in [5.41, 5.74) is 0. The number of nitrogens with one attached hydrogen (secondary N) is 1. The van der Waals surface area contributed by atoms with Gasteiger partial charge in [-0.25, -0.2) is 0 Å². The van der Waals surface area contributed by atoms with Gasteiger partial charge in [0, 0.05) is 22.7 Å². The van der Waals surface area contributed by atoms with Crippen LogP contribution in [0.3, 0.4) is 0 Å². The average Bonchev–Trinajstić information content (AvgIpc) is 2.68. The van der Waals surface area contributed by atoms with Crippen molar-refractivity contribution in [2.45, 2.75) is 38.4 Å². The fraction of sp³-hybridized carbons (Fsp3) is 0.583. The van der Waals surface area contributed by atoms with Gasteiger partial charge in [0.2, 0.25) is 0 Å². The summed E-state index contributed by atoms with van der Waals surface area (Å²) >= 11 is 1.41. The van der Waals surface area contributed by atoms with Crippen LogP contribution in [0.5, 0.6) is 0 Å². The summed E-state index contributed by atoms with van der Waals surface area (Å²) in [4.78, 5) is 12.3. The third kappa shape index (κ3) is 7.84. The van der Waals surface area contributed by atoms with Crippen LogP contribution in [0.1, 0.15) is 29.0 Å². The predicted molar refractivity (Wildman–Crippen MR) is 67.3 cm³/mol. The van der Waals surface area contributed by atoms with E-state index in [1.165, 1.54) is 11.3 Å². The zero-order chi connectivity index (χ0) is 14.3. The highest BCUT2D eigenvalue weighted by atomic mass is 32.1. The van der Waals surface area contributed by atoms with Crippen LogP contribution < -0.4 is 5.32 Å².